The minimum atomic E-state index is 0.261. The smallest absolute Gasteiger partial charge is 0.248 e. The van der Waals surface area contributed by atoms with E-state index in [-0.39, 0.29) is 5.95 Å². The second-order valence-corrected chi connectivity index (χ2v) is 3.76. The van der Waals surface area contributed by atoms with Crippen molar-refractivity contribution in [2.75, 3.05) is 11.1 Å². The zero-order valence-electron chi connectivity index (χ0n) is 9.93. The van der Waals surface area contributed by atoms with Crippen LogP contribution >= 0.6 is 0 Å². The molecule has 0 bridgehead atoms. The number of nitrogens with zero attached hydrogens (tertiary/aromatic N) is 5. The predicted molar refractivity (Wildman–Crippen MR) is 71.1 cm³/mol. The fourth-order valence-electron chi connectivity index (χ4n) is 1.61. The number of rotatable bonds is 3. The molecule has 0 spiro atoms. The van der Waals surface area contributed by atoms with Crippen LogP contribution in [0.5, 0.6) is 0 Å². The van der Waals surface area contributed by atoms with E-state index in [1.807, 2.05) is 30.3 Å². The van der Waals surface area contributed by atoms with Gasteiger partial charge in [0.1, 0.15) is 6.33 Å². The normalized spacial score (nSPS) is 10.3. The number of aromatic nitrogens is 5. The lowest BCUT2D eigenvalue weighted by Crippen LogP contribution is -2.04. The molecular formula is C12H11N7. The number of nitrogens with one attached hydrogen (secondary N) is 1. The molecule has 3 rings (SSSR count). The molecule has 2 aromatic heterocycles. The maximum Gasteiger partial charge on any atom is 0.248 e. The Bertz CT molecular complexity index is 663. The van der Waals surface area contributed by atoms with Crippen molar-refractivity contribution in [3.8, 4) is 5.82 Å². The van der Waals surface area contributed by atoms with Crippen molar-refractivity contribution < 1.29 is 0 Å². The van der Waals surface area contributed by atoms with Crippen molar-refractivity contribution in [2.24, 2.45) is 0 Å². The molecule has 0 atom stereocenters. The van der Waals surface area contributed by atoms with E-state index in [4.69, 9.17) is 5.73 Å². The Labute approximate surface area is 109 Å². The van der Waals surface area contributed by atoms with Crippen molar-refractivity contribution in [1.29, 1.82) is 0 Å². The number of benzene rings is 1. The molecule has 3 aromatic rings. The molecule has 0 amide bonds. The monoisotopic (exact) mass is 253 g/mol. The lowest BCUT2D eigenvalue weighted by atomic mass is 10.3. The van der Waals surface area contributed by atoms with Gasteiger partial charge in [0, 0.05) is 18.0 Å². The molecule has 3 N–H and O–H groups in total. The summed E-state index contributed by atoms with van der Waals surface area (Å²) < 4.78 is 1.45. The second kappa shape index (κ2) is 4.73. The van der Waals surface area contributed by atoms with Crippen molar-refractivity contribution in [2.45, 2.75) is 0 Å². The fraction of sp³-hybridized carbons (Fsp3) is 0. The third kappa shape index (κ3) is 2.34. The van der Waals surface area contributed by atoms with Crippen LogP contribution in [0.4, 0.5) is 17.6 Å². The van der Waals surface area contributed by atoms with Crippen LogP contribution in [0.25, 0.3) is 5.82 Å². The van der Waals surface area contributed by atoms with Gasteiger partial charge in [-0.15, -0.1) is 5.10 Å². The van der Waals surface area contributed by atoms with Gasteiger partial charge in [-0.2, -0.15) is 9.67 Å². The first kappa shape index (κ1) is 11.1. The van der Waals surface area contributed by atoms with Crippen molar-refractivity contribution >= 4 is 17.6 Å². The summed E-state index contributed by atoms with van der Waals surface area (Å²) >= 11 is 0. The van der Waals surface area contributed by atoms with Crippen LogP contribution in [0.2, 0.25) is 0 Å². The molecule has 0 saturated heterocycles. The van der Waals surface area contributed by atoms with Gasteiger partial charge < -0.3 is 11.1 Å². The van der Waals surface area contributed by atoms with Gasteiger partial charge in [-0.1, -0.05) is 18.2 Å². The van der Waals surface area contributed by atoms with Crippen molar-refractivity contribution in [3.63, 3.8) is 0 Å². The molecule has 7 nitrogen and oxygen atoms in total. The molecule has 0 unspecified atom stereocenters. The highest BCUT2D eigenvalue weighted by atomic mass is 15.4. The van der Waals surface area contributed by atoms with E-state index in [9.17, 15) is 0 Å². The topological polar surface area (TPSA) is 94.5 Å². The van der Waals surface area contributed by atoms with E-state index in [0.29, 0.717) is 11.8 Å². The van der Waals surface area contributed by atoms with Gasteiger partial charge in [-0.25, -0.2) is 9.97 Å². The van der Waals surface area contributed by atoms with E-state index in [0.717, 1.165) is 5.69 Å². The average Bonchev–Trinajstić information content (AvgIpc) is 2.82. The van der Waals surface area contributed by atoms with Gasteiger partial charge in [0.2, 0.25) is 11.9 Å². The van der Waals surface area contributed by atoms with E-state index in [1.54, 1.807) is 12.3 Å². The van der Waals surface area contributed by atoms with Gasteiger partial charge in [0.05, 0.1) is 0 Å². The predicted octanol–water partition coefficient (Wildman–Crippen LogP) is 1.38. The van der Waals surface area contributed by atoms with Gasteiger partial charge in [0.25, 0.3) is 0 Å². The Morgan fingerprint density at radius 2 is 1.95 bits per heavy atom. The van der Waals surface area contributed by atoms with Crippen LogP contribution in [0.1, 0.15) is 0 Å². The minimum absolute atomic E-state index is 0.261. The molecule has 94 valence electrons. The summed E-state index contributed by atoms with van der Waals surface area (Å²) in [5.74, 6) is 1.25. The third-order valence-electron chi connectivity index (χ3n) is 2.45. The van der Waals surface area contributed by atoms with Crippen LogP contribution < -0.4 is 11.1 Å². The summed E-state index contributed by atoms with van der Waals surface area (Å²) in [4.78, 5) is 12.1. The van der Waals surface area contributed by atoms with Crippen molar-refractivity contribution in [3.05, 3.63) is 48.9 Å². The average molecular weight is 253 g/mol. The standard InChI is InChI=1S/C12H11N7/c13-11-17-12(16-9-4-2-1-3-5-9)18-19(11)10-6-7-14-8-15-10/h1-8H,(H3,13,16,17,18). The molecule has 0 aliphatic rings. The lowest BCUT2D eigenvalue weighted by Gasteiger charge is -2.00. The Kier molecular flexibility index (Phi) is 2.77. The molecule has 0 aliphatic carbocycles. The molecule has 7 heteroatoms. The number of para-hydroxylation sites is 1. The minimum Gasteiger partial charge on any atom is -0.368 e. The maximum absolute atomic E-state index is 5.82. The highest BCUT2D eigenvalue weighted by Gasteiger charge is 2.09. The molecule has 0 radical (unpaired) electrons. The molecule has 0 fully saturated rings. The first-order valence-electron chi connectivity index (χ1n) is 5.64. The highest BCUT2D eigenvalue weighted by Crippen LogP contribution is 2.15. The Hall–Kier alpha value is -2.96. The second-order valence-electron chi connectivity index (χ2n) is 3.76. The van der Waals surface area contributed by atoms with E-state index in [2.05, 4.69) is 25.4 Å². The van der Waals surface area contributed by atoms with Crippen molar-refractivity contribution in [1.82, 2.24) is 24.7 Å². The van der Waals surface area contributed by atoms with E-state index in [1.165, 1.54) is 11.0 Å². The van der Waals surface area contributed by atoms with Crippen LogP contribution in [-0.4, -0.2) is 24.7 Å². The zero-order chi connectivity index (χ0) is 13.1. The molecule has 1 aromatic carbocycles. The maximum atomic E-state index is 5.82. The van der Waals surface area contributed by atoms with Crippen LogP contribution in [0.3, 0.4) is 0 Å². The van der Waals surface area contributed by atoms with Gasteiger partial charge in [0.15, 0.2) is 5.82 Å². The fourth-order valence-corrected chi connectivity index (χ4v) is 1.61. The SMILES string of the molecule is Nc1nc(Nc2ccccc2)nn1-c1ccncn1. The number of hydrogen-bond donors (Lipinski definition) is 2. The molecular weight excluding hydrogens is 242 g/mol. The van der Waals surface area contributed by atoms with E-state index >= 15 is 0 Å². The Morgan fingerprint density at radius 1 is 1.11 bits per heavy atom. The first-order valence-corrected chi connectivity index (χ1v) is 5.64. The van der Waals surface area contributed by atoms with Gasteiger partial charge in [-0.05, 0) is 12.1 Å². The lowest BCUT2D eigenvalue weighted by molar-refractivity contribution is 0.851. The molecule has 19 heavy (non-hydrogen) atoms. The molecule has 2 heterocycles. The van der Waals surface area contributed by atoms with Crippen LogP contribution in [0.15, 0.2) is 48.9 Å². The summed E-state index contributed by atoms with van der Waals surface area (Å²) in [5, 5.41) is 7.32. The summed E-state index contributed by atoms with van der Waals surface area (Å²) in [5.41, 5.74) is 6.71. The Balaban J connectivity index is 1.90. The summed E-state index contributed by atoms with van der Waals surface area (Å²) in [7, 11) is 0. The van der Waals surface area contributed by atoms with E-state index < -0.39 is 0 Å². The molecule has 0 aliphatic heterocycles. The first-order chi connectivity index (χ1) is 9.33. The molecule has 0 saturated carbocycles. The number of hydrogen-bond acceptors (Lipinski definition) is 6. The third-order valence-corrected chi connectivity index (χ3v) is 2.45. The summed E-state index contributed by atoms with van der Waals surface area (Å²) in [6.07, 6.45) is 3.05. The van der Waals surface area contributed by atoms with Crippen LogP contribution in [-0.2, 0) is 0 Å². The highest BCUT2D eigenvalue weighted by molar-refractivity contribution is 5.54. The number of nitrogen functional groups attached to an aromatic ring is 1. The summed E-state index contributed by atoms with van der Waals surface area (Å²) in [6.45, 7) is 0. The van der Waals surface area contributed by atoms with Gasteiger partial charge >= 0.3 is 0 Å². The number of anilines is 3. The van der Waals surface area contributed by atoms with Gasteiger partial charge in [-0.3, -0.25) is 0 Å². The zero-order valence-corrected chi connectivity index (χ0v) is 9.93. The summed E-state index contributed by atoms with van der Waals surface area (Å²) in [6, 6.07) is 11.3. The van der Waals surface area contributed by atoms with Crippen LogP contribution in [0, 0.1) is 0 Å². The Morgan fingerprint density at radius 3 is 2.68 bits per heavy atom. The quantitative estimate of drug-likeness (QED) is 0.732. The largest absolute Gasteiger partial charge is 0.368 e. The number of nitrogens with two attached hydrogens (primary N) is 1.